The van der Waals surface area contributed by atoms with Crippen molar-refractivity contribution in [2.45, 2.75) is 91.9 Å². The first kappa shape index (κ1) is 30.6. The molecule has 37 heavy (non-hydrogen) atoms. The number of ether oxygens (including phenoxy) is 2. The van der Waals surface area contributed by atoms with Crippen LogP contribution in [-0.2, 0) is 25.6 Å². The molecule has 2 rings (SSSR count). The molecule has 0 bridgehead atoms. The summed E-state index contributed by atoms with van der Waals surface area (Å²) in [7, 11) is 0. The summed E-state index contributed by atoms with van der Waals surface area (Å²) >= 11 is 0. The molecule has 208 valence electrons. The molecule has 1 aromatic rings. The van der Waals surface area contributed by atoms with Gasteiger partial charge >= 0.3 is 12.0 Å². The zero-order chi connectivity index (χ0) is 27.4. The molecule has 0 saturated heterocycles. The number of hydrogen-bond acceptors (Lipinski definition) is 5. The molecule has 0 aromatic heterocycles. The molecule has 1 unspecified atom stereocenters. The third-order valence-corrected chi connectivity index (χ3v) is 6.58. The van der Waals surface area contributed by atoms with E-state index in [0.717, 1.165) is 24.8 Å². The van der Waals surface area contributed by atoms with Gasteiger partial charge < -0.3 is 25.0 Å². The van der Waals surface area contributed by atoms with Gasteiger partial charge in [0.1, 0.15) is 5.60 Å². The maximum Gasteiger partial charge on any atom is 0.317 e. The van der Waals surface area contributed by atoms with Crippen LogP contribution in [0.5, 0.6) is 0 Å². The highest BCUT2D eigenvalue weighted by Gasteiger charge is 2.30. The molecule has 1 aliphatic rings. The van der Waals surface area contributed by atoms with Gasteiger partial charge in [0, 0.05) is 32.1 Å². The van der Waals surface area contributed by atoms with E-state index < -0.39 is 5.60 Å². The fraction of sp³-hybridized carbons (Fsp3) is 0.690. The predicted molar refractivity (Wildman–Crippen MR) is 145 cm³/mol. The van der Waals surface area contributed by atoms with Crippen LogP contribution in [0.3, 0.4) is 0 Å². The van der Waals surface area contributed by atoms with Crippen molar-refractivity contribution in [3.8, 4) is 0 Å². The monoisotopic (exact) mass is 517 g/mol. The van der Waals surface area contributed by atoms with Crippen molar-refractivity contribution >= 4 is 17.9 Å². The molecule has 0 spiro atoms. The Balaban J connectivity index is 1.83. The quantitative estimate of drug-likeness (QED) is 0.396. The average molecular weight is 518 g/mol. The fourth-order valence-electron chi connectivity index (χ4n) is 4.44. The molecule has 1 fully saturated rings. The summed E-state index contributed by atoms with van der Waals surface area (Å²) < 4.78 is 11.6. The molecule has 2 N–H and O–H groups in total. The Morgan fingerprint density at radius 1 is 1.08 bits per heavy atom. The summed E-state index contributed by atoms with van der Waals surface area (Å²) in [6.07, 6.45) is 3.86. The van der Waals surface area contributed by atoms with Crippen molar-refractivity contribution in [3.05, 3.63) is 35.4 Å². The van der Waals surface area contributed by atoms with Gasteiger partial charge in [-0.05, 0) is 65.9 Å². The lowest BCUT2D eigenvalue weighted by molar-refractivity contribution is -0.160. The Morgan fingerprint density at radius 2 is 1.78 bits per heavy atom. The number of amides is 3. The van der Waals surface area contributed by atoms with Gasteiger partial charge in [0.05, 0.1) is 18.6 Å². The summed E-state index contributed by atoms with van der Waals surface area (Å²) in [5.41, 5.74) is 1.71. The molecule has 0 heterocycles. The molecule has 8 nitrogen and oxygen atoms in total. The summed E-state index contributed by atoms with van der Waals surface area (Å²) in [6, 6.07) is 8.07. The standard InChI is InChI=1S/C29H47N3O5/c1-7-23(27(34)37-29(4,5)6)19-31-26(33)24-10-9-11-25(18-24)36-17-16-32(28(35)30-8-2)20-22-14-12-21(3)13-15-22/h12-15,23-25H,7-11,16-20H2,1-6H3,(H,30,35)(H,31,33)/t23?,24-,25+/m1/s1. The number of carbonyl (C=O) groups excluding carboxylic acids is 3. The smallest absolute Gasteiger partial charge is 0.317 e. The summed E-state index contributed by atoms with van der Waals surface area (Å²) in [5, 5.41) is 5.85. The van der Waals surface area contributed by atoms with Crippen LogP contribution in [0.4, 0.5) is 4.79 Å². The van der Waals surface area contributed by atoms with Crippen molar-refractivity contribution in [2.75, 3.05) is 26.2 Å². The summed E-state index contributed by atoms with van der Waals surface area (Å²) in [5.74, 6) is -0.796. The molecule has 1 aromatic carbocycles. The Kier molecular flexibility index (Phi) is 12.4. The van der Waals surface area contributed by atoms with Crippen LogP contribution in [-0.4, -0.2) is 60.8 Å². The Labute approximate surface area is 222 Å². The topological polar surface area (TPSA) is 97.0 Å². The second-order valence-corrected chi connectivity index (χ2v) is 11.0. The van der Waals surface area contributed by atoms with Crippen molar-refractivity contribution in [3.63, 3.8) is 0 Å². The van der Waals surface area contributed by atoms with Crippen LogP contribution in [0.2, 0.25) is 0 Å². The van der Waals surface area contributed by atoms with Gasteiger partial charge in [-0.25, -0.2) is 4.79 Å². The number of rotatable bonds is 12. The number of aryl methyl sites for hydroxylation is 1. The number of urea groups is 1. The minimum absolute atomic E-state index is 0.0206. The van der Waals surface area contributed by atoms with Crippen LogP contribution in [0.25, 0.3) is 0 Å². The minimum atomic E-state index is -0.546. The number of hydrogen-bond donors (Lipinski definition) is 2. The maximum atomic E-state index is 12.9. The van der Waals surface area contributed by atoms with Crippen molar-refractivity contribution in [2.24, 2.45) is 11.8 Å². The molecule has 1 saturated carbocycles. The predicted octanol–water partition coefficient (Wildman–Crippen LogP) is 4.59. The third kappa shape index (κ3) is 11.1. The van der Waals surface area contributed by atoms with Gasteiger partial charge in [0.25, 0.3) is 0 Å². The van der Waals surface area contributed by atoms with E-state index in [0.29, 0.717) is 39.1 Å². The van der Waals surface area contributed by atoms with Crippen molar-refractivity contribution in [1.82, 2.24) is 15.5 Å². The Hall–Kier alpha value is -2.61. The second kappa shape index (κ2) is 15.0. The van der Waals surface area contributed by atoms with Crippen LogP contribution >= 0.6 is 0 Å². The number of nitrogens with one attached hydrogen (secondary N) is 2. The normalized spacial score (nSPS) is 18.5. The first-order chi connectivity index (χ1) is 17.5. The Morgan fingerprint density at radius 3 is 2.41 bits per heavy atom. The molecule has 8 heteroatoms. The lowest BCUT2D eigenvalue weighted by atomic mass is 9.86. The van der Waals surface area contributed by atoms with Crippen molar-refractivity contribution in [1.29, 1.82) is 0 Å². The summed E-state index contributed by atoms with van der Waals surface area (Å²) in [4.78, 5) is 39.6. The van der Waals surface area contributed by atoms with E-state index >= 15 is 0 Å². The lowest BCUT2D eigenvalue weighted by Crippen LogP contribution is -2.42. The highest BCUT2D eigenvalue weighted by Crippen LogP contribution is 2.27. The van der Waals surface area contributed by atoms with Gasteiger partial charge in [0.15, 0.2) is 0 Å². The van der Waals surface area contributed by atoms with E-state index in [-0.39, 0.29) is 42.4 Å². The summed E-state index contributed by atoms with van der Waals surface area (Å²) in [6.45, 7) is 13.7. The third-order valence-electron chi connectivity index (χ3n) is 6.58. The molecule has 1 aliphatic carbocycles. The molecular formula is C29H47N3O5. The zero-order valence-electron chi connectivity index (χ0n) is 23.6. The van der Waals surface area contributed by atoms with E-state index in [2.05, 4.69) is 10.6 Å². The average Bonchev–Trinajstić information content (AvgIpc) is 2.84. The van der Waals surface area contributed by atoms with Gasteiger partial charge in [0.2, 0.25) is 5.91 Å². The molecule has 0 aliphatic heterocycles. The van der Waals surface area contributed by atoms with Crippen LogP contribution < -0.4 is 10.6 Å². The van der Waals surface area contributed by atoms with E-state index in [1.54, 1.807) is 4.90 Å². The van der Waals surface area contributed by atoms with Gasteiger partial charge in [-0.2, -0.15) is 0 Å². The van der Waals surface area contributed by atoms with Crippen LogP contribution in [0.1, 0.15) is 77.8 Å². The van der Waals surface area contributed by atoms with Gasteiger partial charge in [-0.1, -0.05) is 43.2 Å². The molecular weight excluding hydrogens is 470 g/mol. The largest absolute Gasteiger partial charge is 0.460 e. The van der Waals surface area contributed by atoms with Crippen LogP contribution in [0.15, 0.2) is 24.3 Å². The van der Waals surface area contributed by atoms with E-state index in [9.17, 15) is 14.4 Å². The maximum absolute atomic E-state index is 12.9. The van der Waals surface area contributed by atoms with Crippen LogP contribution in [0, 0.1) is 18.8 Å². The van der Waals surface area contributed by atoms with E-state index in [4.69, 9.17) is 9.47 Å². The molecule has 3 amide bonds. The molecule has 3 atom stereocenters. The van der Waals surface area contributed by atoms with E-state index in [1.165, 1.54) is 5.56 Å². The Bertz CT molecular complexity index is 865. The minimum Gasteiger partial charge on any atom is -0.460 e. The number of carbonyl (C=O) groups is 3. The first-order valence-electron chi connectivity index (χ1n) is 13.7. The number of esters is 1. The highest BCUT2D eigenvalue weighted by atomic mass is 16.6. The zero-order valence-corrected chi connectivity index (χ0v) is 23.6. The first-order valence-corrected chi connectivity index (χ1v) is 13.7. The lowest BCUT2D eigenvalue weighted by Gasteiger charge is -2.30. The number of nitrogens with zero attached hydrogens (tertiary/aromatic N) is 1. The second-order valence-electron chi connectivity index (χ2n) is 11.0. The fourth-order valence-corrected chi connectivity index (χ4v) is 4.44. The van der Waals surface area contributed by atoms with Gasteiger partial charge in [-0.15, -0.1) is 0 Å². The SMILES string of the molecule is CCNC(=O)N(CCO[C@H]1CCC[C@@H](C(=O)NCC(CC)C(=O)OC(C)(C)C)C1)Cc1ccc(C)cc1. The van der Waals surface area contributed by atoms with Crippen molar-refractivity contribution < 1.29 is 23.9 Å². The number of benzene rings is 1. The van der Waals surface area contributed by atoms with E-state index in [1.807, 2.05) is 65.8 Å². The highest BCUT2D eigenvalue weighted by molar-refractivity contribution is 5.80. The molecule has 0 radical (unpaired) electrons. The van der Waals surface area contributed by atoms with Gasteiger partial charge in [-0.3, -0.25) is 9.59 Å².